The first-order valence-corrected chi connectivity index (χ1v) is 7.72. The highest BCUT2D eigenvalue weighted by Gasteiger charge is 2.37. The zero-order valence-electron chi connectivity index (χ0n) is 11.0. The second-order valence-electron chi connectivity index (χ2n) is 4.89. The molecule has 20 heavy (non-hydrogen) atoms. The van der Waals surface area contributed by atoms with E-state index in [9.17, 15) is 22.0 Å². The molecule has 7 heteroatoms. The van der Waals surface area contributed by atoms with Gasteiger partial charge in [-0.25, -0.2) is 17.2 Å². The van der Waals surface area contributed by atoms with Crippen LogP contribution in [0.2, 0.25) is 0 Å². The van der Waals surface area contributed by atoms with E-state index >= 15 is 0 Å². The van der Waals surface area contributed by atoms with Crippen LogP contribution in [-0.4, -0.2) is 31.1 Å². The van der Waals surface area contributed by atoms with Crippen molar-refractivity contribution < 1.29 is 22.0 Å². The van der Waals surface area contributed by atoms with Gasteiger partial charge in [-0.15, -0.1) is 0 Å². The molecule has 1 aliphatic rings. The van der Waals surface area contributed by atoms with Gasteiger partial charge in [-0.1, -0.05) is 0 Å². The Morgan fingerprint density at radius 1 is 1.40 bits per heavy atom. The predicted molar refractivity (Wildman–Crippen MR) is 68.6 cm³/mol. The molecule has 1 aromatic rings. The van der Waals surface area contributed by atoms with Crippen LogP contribution >= 0.6 is 0 Å². The summed E-state index contributed by atoms with van der Waals surface area (Å²) in [5, 5.41) is 0. The van der Waals surface area contributed by atoms with E-state index in [0.29, 0.717) is 18.9 Å². The third-order valence-electron chi connectivity index (χ3n) is 3.33. The maximum atomic E-state index is 13.7. The van der Waals surface area contributed by atoms with Crippen LogP contribution in [0.15, 0.2) is 23.1 Å². The van der Waals surface area contributed by atoms with Crippen molar-refractivity contribution in [2.24, 2.45) is 0 Å². The van der Waals surface area contributed by atoms with E-state index in [2.05, 4.69) is 0 Å². The summed E-state index contributed by atoms with van der Waals surface area (Å²) in [6.07, 6.45) is 1.25. The number of carbonyl (C=O) groups is 1. The summed E-state index contributed by atoms with van der Waals surface area (Å²) in [6.45, 7) is 1.60. The molecule has 0 radical (unpaired) electrons. The molecule has 1 fully saturated rings. The van der Waals surface area contributed by atoms with Crippen molar-refractivity contribution in [3.05, 3.63) is 29.8 Å². The van der Waals surface area contributed by atoms with E-state index < -0.39 is 32.6 Å². The number of hydrogen-bond acceptors (Lipinski definition) is 3. The van der Waals surface area contributed by atoms with Gasteiger partial charge >= 0.3 is 0 Å². The molecule has 1 saturated heterocycles. The summed E-state index contributed by atoms with van der Waals surface area (Å²) in [5.41, 5.74) is 0. The van der Waals surface area contributed by atoms with Gasteiger partial charge in [-0.3, -0.25) is 4.79 Å². The lowest BCUT2D eigenvalue weighted by Crippen LogP contribution is -2.37. The average molecular weight is 303 g/mol. The maximum absolute atomic E-state index is 13.7. The summed E-state index contributed by atoms with van der Waals surface area (Å²) in [5.74, 6) is -1.93. The summed E-state index contributed by atoms with van der Waals surface area (Å²) >= 11 is 0. The number of hydrogen-bond donors (Lipinski definition) is 0. The lowest BCUT2D eigenvalue weighted by molar-refractivity contribution is -0.117. The monoisotopic (exact) mass is 303 g/mol. The minimum Gasteiger partial charge on any atom is -0.300 e. The van der Waals surface area contributed by atoms with Gasteiger partial charge in [0.15, 0.2) is 0 Å². The van der Waals surface area contributed by atoms with Crippen LogP contribution in [0.25, 0.3) is 0 Å². The third kappa shape index (κ3) is 2.88. The number of carbonyl (C=O) groups excluding carboxylic acids is 1. The smallest absolute Gasteiger partial charge is 0.246 e. The Labute approximate surface area is 116 Å². The molecule has 0 N–H and O–H groups in total. The number of ketones is 1. The first kappa shape index (κ1) is 15.1. The van der Waals surface area contributed by atoms with Gasteiger partial charge in [-0.05, 0) is 38.0 Å². The van der Waals surface area contributed by atoms with Crippen molar-refractivity contribution in [1.82, 2.24) is 4.31 Å². The van der Waals surface area contributed by atoms with E-state index in [4.69, 9.17) is 0 Å². The van der Waals surface area contributed by atoms with Crippen LogP contribution in [0, 0.1) is 11.6 Å². The molecule has 0 amide bonds. The number of benzene rings is 1. The van der Waals surface area contributed by atoms with Crippen LogP contribution in [0.1, 0.15) is 26.2 Å². The van der Waals surface area contributed by atoms with Gasteiger partial charge in [0.05, 0.1) is 0 Å². The fourth-order valence-electron chi connectivity index (χ4n) is 2.46. The molecule has 0 saturated carbocycles. The van der Waals surface area contributed by atoms with Crippen molar-refractivity contribution in [1.29, 1.82) is 0 Å². The van der Waals surface area contributed by atoms with Crippen molar-refractivity contribution in [2.75, 3.05) is 6.54 Å². The topological polar surface area (TPSA) is 54.5 Å². The van der Waals surface area contributed by atoms with Gasteiger partial charge in [-0.2, -0.15) is 4.31 Å². The predicted octanol–water partition coefficient (Wildman–Crippen LogP) is 2.10. The van der Waals surface area contributed by atoms with Crippen molar-refractivity contribution in [3.8, 4) is 0 Å². The minimum absolute atomic E-state index is 0.0934. The molecule has 1 unspecified atom stereocenters. The Morgan fingerprint density at radius 3 is 2.75 bits per heavy atom. The first-order chi connectivity index (χ1) is 9.32. The lowest BCUT2D eigenvalue weighted by Gasteiger charge is -2.23. The van der Waals surface area contributed by atoms with Crippen molar-refractivity contribution >= 4 is 15.8 Å². The summed E-state index contributed by atoms with van der Waals surface area (Å²) in [7, 11) is -4.12. The van der Waals surface area contributed by atoms with E-state index in [1.54, 1.807) is 0 Å². The van der Waals surface area contributed by atoms with E-state index in [1.807, 2.05) is 0 Å². The molecule has 1 heterocycles. The van der Waals surface area contributed by atoms with Gasteiger partial charge in [0, 0.05) is 19.0 Å². The largest absolute Gasteiger partial charge is 0.300 e. The summed E-state index contributed by atoms with van der Waals surface area (Å²) in [6, 6.07) is 1.86. The number of Topliss-reactive ketones (excluding diaryl/α,β-unsaturated/α-hetero) is 1. The van der Waals surface area contributed by atoms with Gasteiger partial charge in [0.1, 0.15) is 22.3 Å². The van der Waals surface area contributed by atoms with Crippen molar-refractivity contribution in [3.63, 3.8) is 0 Å². The minimum atomic E-state index is -4.12. The molecular formula is C13H15F2NO3S. The molecule has 0 aromatic heterocycles. The quantitative estimate of drug-likeness (QED) is 0.856. The highest BCUT2D eigenvalue weighted by atomic mass is 32.2. The second kappa shape index (κ2) is 5.57. The summed E-state index contributed by atoms with van der Waals surface area (Å²) < 4.78 is 52.8. The Bertz CT molecular complexity index is 631. The Morgan fingerprint density at radius 2 is 2.10 bits per heavy atom. The molecule has 0 aliphatic carbocycles. The fraction of sp³-hybridized carbons (Fsp3) is 0.462. The van der Waals surface area contributed by atoms with Crippen LogP contribution in [0.4, 0.5) is 8.78 Å². The molecular weight excluding hydrogens is 288 g/mol. The normalized spacial score (nSPS) is 20.2. The first-order valence-electron chi connectivity index (χ1n) is 6.28. The molecule has 1 aliphatic heterocycles. The number of rotatable bonds is 4. The van der Waals surface area contributed by atoms with Crippen LogP contribution < -0.4 is 0 Å². The number of sulfonamides is 1. The van der Waals surface area contributed by atoms with Gasteiger partial charge < -0.3 is 0 Å². The third-order valence-corrected chi connectivity index (χ3v) is 5.29. The average Bonchev–Trinajstić information content (AvgIpc) is 2.80. The molecule has 110 valence electrons. The highest BCUT2D eigenvalue weighted by molar-refractivity contribution is 7.89. The number of halogens is 2. The zero-order chi connectivity index (χ0) is 14.9. The van der Waals surface area contributed by atoms with Crippen LogP contribution in [-0.2, 0) is 14.8 Å². The Hall–Kier alpha value is -1.34. The maximum Gasteiger partial charge on any atom is 0.246 e. The molecule has 4 nitrogen and oxygen atoms in total. The fourth-order valence-corrected chi connectivity index (χ4v) is 4.23. The van der Waals surface area contributed by atoms with E-state index in [1.165, 1.54) is 6.92 Å². The highest BCUT2D eigenvalue weighted by Crippen LogP contribution is 2.29. The van der Waals surface area contributed by atoms with Crippen LogP contribution in [0.5, 0.6) is 0 Å². The molecule has 0 spiro atoms. The molecule has 0 bridgehead atoms. The molecule has 1 aromatic carbocycles. The standard InChI is InChI=1S/C13H15F2NO3S/c1-9(17)7-11-3-2-6-16(11)20(18,19)13-8-10(14)4-5-12(13)15/h4-5,8,11H,2-3,6-7H2,1H3. The summed E-state index contributed by atoms with van der Waals surface area (Å²) in [4.78, 5) is 10.5. The van der Waals surface area contributed by atoms with Gasteiger partial charge in [0.2, 0.25) is 10.0 Å². The van der Waals surface area contributed by atoms with E-state index in [-0.39, 0.29) is 18.7 Å². The van der Waals surface area contributed by atoms with Gasteiger partial charge in [0.25, 0.3) is 0 Å². The number of nitrogens with zero attached hydrogens (tertiary/aromatic N) is 1. The lowest BCUT2D eigenvalue weighted by atomic mass is 10.1. The zero-order valence-corrected chi connectivity index (χ0v) is 11.8. The molecule has 1 atom stereocenters. The Kier molecular flexibility index (Phi) is 4.19. The molecule has 2 rings (SSSR count). The second-order valence-corrected chi connectivity index (χ2v) is 6.75. The SMILES string of the molecule is CC(=O)CC1CCCN1S(=O)(=O)c1cc(F)ccc1F. The van der Waals surface area contributed by atoms with E-state index in [0.717, 1.165) is 16.4 Å². The van der Waals surface area contributed by atoms with Crippen molar-refractivity contribution in [2.45, 2.75) is 37.1 Å². The Balaban J connectivity index is 2.39. The van der Waals surface area contributed by atoms with Crippen LogP contribution in [0.3, 0.4) is 0 Å².